The predicted molar refractivity (Wildman–Crippen MR) is 67.2 cm³/mol. The summed E-state index contributed by atoms with van der Waals surface area (Å²) in [6.45, 7) is 7.73. The maximum atomic E-state index is 11.4. The lowest BCUT2D eigenvalue weighted by Gasteiger charge is -2.31. The molecule has 1 aromatic rings. The van der Waals surface area contributed by atoms with E-state index in [1.165, 1.54) is 4.88 Å². The van der Waals surface area contributed by atoms with Gasteiger partial charge >= 0.3 is 0 Å². The van der Waals surface area contributed by atoms with Crippen molar-refractivity contribution in [3.63, 3.8) is 0 Å². The fourth-order valence-electron chi connectivity index (χ4n) is 2.07. The summed E-state index contributed by atoms with van der Waals surface area (Å²) in [6.07, 6.45) is 2.14. The molecule has 1 aliphatic rings. The number of anilines is 1. The first-order chi connectivity index (χ1) is 7.58. The van der Waals surface area contributed by atoms with E-state index in [1.54, 1.807) is 18.3 Å². The molecule has 16 heavy (non-hydrogen) atoms. The van der Waals surface area contributed by atoms with Gasteiger partial charge in [-0.3, -0.25) is 4.79 Å². The number of hydrogen-bond donors (Lipinski definition) is 0. The van der Waals surface area contributed by atoms with Gasteiger partial charge in [0.05, 0.1) is 5.69 Å². The Labute approximate surface area is 100 Å². The van der Waals surface area contributed by atoms with Gasteiger partial charge in [0.1, 0.15) is 5.78 Å². The van der Waals surface area contributed by atoms with Crippen LogP contribution in [-0.2, 0) is 4.79 Å². The second-order valence-electron chi connectivity index (χ2n) is 4.53. The molecule has 0 bridgehead atoms. The minimum atomic E-state index is 0.207. The highest BCUT2D eigenvalue weighted by Crippen LogP contribution is 2.29. The molecule has 1 aromatic heterocycles. The Balaban J connectivity index is 2.12. The Morgan fingerprint density at radius 1 is 1.50 bits per heavy atom. The summed E-state index contributed by atoms with van der Waals surface area (Å²) in [5.74, 6) is 0.521. The molecule has 0 spiro atoms. The number of hydrogen-bond acceptors (Lipinski definition) is 4. The first kappa shape index (κ1) is 11.6. The molecule has 0 aromatic carbocycles. The smallest absolute Gasteiger partial charge is 0.185 e. The molecular weight excluding hydrogens is 220 g/mol. The number of carbonyl (C=O) groups is 1. The molecule has 2 rings (SSSR count). The van der Waals surface area contributed by atoms with E-state index in [0.717, 1.165) is 36.8 Å². The summed E-state index contributed by atoms with van der Waals surface area (Å²) in [5.41, 5.74) is 1.12. The van der Waals surface area contributed by atoms with Crippen LogP contribution in [0.25, 0.3) is 0 Å². The Morgan fingerprint density at radius 2 is 2.25 bits per heavy atom. The van der Waals surface area contributed by atoms with Crippen LogP contribution in [0, 0.1) is 19.8 Å². The topological polar surface area (TPSA) is 33.2 Å². The van der Waals surface area contributed by atoms with Crippen LogP contribution >= 0.6 is 11.3 Å². The van der Waals surface area contributed by atoms with Gasteiger partial charge in [-0.1, -0.05) is 0 Å². The zero-order chi connectivity index (χ0) is 11.7. The third-order valence-electron chi connectivity index (χ3n) is 3.28. The molecule has 88 valence electrons. The Kier molecular flexibility index (Phi) is 3.28. The van der Waals surface area contributed by atoms with Gasteiger partial charge in [0.15, 0.2) is 5.13 Å². The van der Waals surface area contributed by atoms with Crippen molar-refractivity contribution in [3.05, 3.63) is 10.6 Å². The van der Waals surface area contributed by atoms with Crippen molar-refractivity contribution in [3.8, 4) is 0 Å². The summed E-state index contributed by atoms with van der Waals surface area (Å²) in [7, 11) is 0. The second-order valence-corrected chi connectivity index (χ2v) is 5.72. The molecule has 0 radical (unpaired) electrons. The molecule has 3 nitrogen and oxygen atoms in total. The Hall–Kier alpha value is -0.900. The zero-order valence-electron chi connectivity index (χ0n) is 10.1. The summed E-state index contributed by atoms with van der Waals surface area (Å²) < 4.78 is 0. The summed E-state index contributed by atoms with van der Waals surface area (Å²) in [4.78, 5) is 19.5. The molecule has 0 saturated carbocycles. The van der Waals surface area contributed by atoms with Crippen LogP contribution in [0.15, 0.2) is 0 Å². The van der Waals surface area contributed by atoms with E-state index < -0.39 is 0 Å². The molecule has 0 N–H and O–H groups in total. The minimum Gasteiger partial charge on any atom is -0.347 e. The van der Waals surface area contributed by atoms with E-state index in [2.05, 4.69) is 16.8 Å². The van der Waals surface area contributed by atoms with Gasteiger partial charge in [0, 0.05) is 23.9 Å². The van der Waals surface area contributed by atoms with Crippen molar-refractivity contribution in [2.45, 2.75) is 33.6 Å². The highest BCUT2D eigenvalue weighted by Gasteiger charge is 2.25. The average Bonchev–Trinajstić information content (AvgIpc) is 2.59. The molecule has 0 aliphatic carbocycles. The fraction of sp³-hybridized carbons (Fsp3) is 0.667. The monoisotopic (exact) mass is 238 g/mol. The van der Waals surface area contributed by atoms with Crippen molar-refractivity contribution >= 4 is 22.3 Å². The molecule has 1 saturated heterocycles. The number of nitrogens with zero attached hydrogens (tertiary/aromatic N) is 2. The number of aromatic nitrogens is 1. The molecule has 1 aliphatic heterocycles. The lowest BCUT2D eigenvalue weighted by atomic mass is 9.95. The third kappa shape index (κ3) is 2.26. The van der Waals surface area contributed by atoms with Crippen LogP contribution in [0.5, 0.6) is 0 Å². The average molecular weight is 238 g/mol. The standard InChI is InChI=1S/C12H18N2OS/c1-8-10(3)16-12(13-8)14-6-4-5-11(7-14)9(2)15/h11H,4-7H2,1-3H3. The van der Waals surface area contributed by atoms with Crippen LogP contribution in [-0.4, -0.2) is 23.9 Å². The second kappa shape index (κ2) is 4.53. The van der Waals surface area contributed by atoms with E-state index in [9.17, 15) is 4.79 Å². The SMILES string of the molecule is CC(=O)C1CCCN(c2nc(C)c(C)s2)C1. The van der Waals surface area contributed by atoms with E-state index in [-0.39, 0.29) is 5.92 Å². The lowest BCUT2D eigenvalue weighted by molar-refractivity contribution is -0.120. The van der Waals surface area contributed by atoms with E-state index in [1.807, 2.05) is 6.92 Å². The van der Waals surface area contributed by atoms with Crippen LogP contribution in [0.1, 0.15) is 30.3 Å². The van der Waals surface area contributed by atoms with Crippen LogP contribution in [0.3, 0.4) is 0 Å². The zero-order valence-corrected chi connectivity index (χ0v) is 10.9. The van der Waals surface area contributed by atoms with Gasteiger partial charge in [-0.15, -0.1) is 11.3 Å². The summed E-state index contributed by atoms with van der Waals surface area (Å²) in [6, 6.07) is 0. The minimum absolute atomic E-state index is 0.207. The third-order valence-corrected chi connectivity index (χ3v) is 4.42. The first-order valence-corrected chi connectivity index (χ1v) is 6.59. The largest absolute Gasteiger partial charge is 0.347 e. The number of Topliss-reactive ketones (excluding diaryl/α,β-unsaturated/α-hetero) is 1. The highest BCUT2D eigenvalue weighted by molar-refractivity contribution is 7.15. The van der Waals surface area contributed by atoms with Gasteiger partial charge in [-0.2, -0.15) is 0 Å². The van der Waals surface area contributed by atoms with Crippen molar-refractivity contribution in [1.29, 1.82) is 0 Å². The van der Waals surface area contributed by atoms with Gasteiger partial charge in [0.25, 0.3) is 0 Å². The molecule has 2 heterocycles. The van der Waals surface area contributed by atoms with E-state index in [4.69, 9.17) is 0 Å². The highest BCUT2D eigenvalue weighted by atomic mass is 32.1. The molecule has 4 heteroatoms. The molecule has 0 amide bonds. The molecule has 1 atom stereocenters. The van der Waals surface area contributed by atoms with Crippen molar-refractivity contribution in [2.24, 2.45) is 5.92 Å². The molecular formula is C12H18N2OS. The van der Waals surface area contributed by atoms with Crippen molar-refractivity contribution in [1.82, 2.24) is 4.98 Å². The number of thiazole rings is 1. The van der Waals surface area contributed by atoms with Gasteiger partial charge in [-0.25, -0.2) is 4.98 Å². The van der Waals surface area contributed by atoms with E-state index in [0.29, 0.717) is 5.78 Å². The van der Waals surface area contributed by atoms with Gasteiger partial charge < -0.3 is 4.90 Å². The normalized spacial score (nSPS) is 21.2. The van der Waals surface area contributed by atoms with Gasteiger partial charge in [0.2, 0.25) is 0 Å². The molecule has 1 fully saturated rings. The number of carbonyl (C=O) groups excluding carboxylic acids is 1. The molecule has 1 unspecified atom stereocenters. The van der Waals surface area contributed by atoms with Crippen LogP contribution in [0.4, 0.5) is 5.13 Å². The number of rotatable bonds is 2. The van der Waals surface area contributed by atoms with Crippen LogP contribution < -0.4 is 4.90 Å². The lowest BCUT2D eigenvalue weighted by Crippen LogP contribution is -2.38. The summed E-state index contributed by atoms with van der Waals surface area (Å²) in [5, 5.41) is 1.08. The number of aryl methyl sites for hydroxylation is 2. The Bertz CT molecular complexity index is 380. The van der Waals surface area contributed by atoms with Gasteiger partial charge in [-0.05, 0) is 33.6 Å². The maximum absolute atomic E-state index is 11.4. The predicted octanol–water partition coefficient (Wildman–Crippen LogP) is 2.57. The first-order valence-electron chi connectivity index (χ1n) is 5.77. The quantitative estimate of drug-likeness (QED) is 0.794. The van der Waals surface area contributed by atoms with Crippen LogP contribution in [0.2, 0.25) is 0 Å². The fourth-order valence-corrected chi connectivity index (χ4v) is 3.02. The summed E-state index contributed by atoms with van der Waals surface area (Å²) >= 11 is 1.74. The maximum Gasteiger partial charge on any atom is 0.185 e. The van der Waals surface area contributed by atoms with E-state index >= 15 is 0 Å². The number of piperidine rings is 1. The number of ketones is 1. The van der Waals surface area contributed by atoms with Crippen molar-refractivity contribution < 1.29 is 4.79 Å². The van der Waals surface area contributed by atoms with Crippen molar-refractivity contribution in [2.75, 3.05) is 18.0 Å². The Morgan fingerprint density at radius 3 is 2.81 bits per heavy atom.